The second-order valence-corrected chi connectivity index (χ2v) is 6.93. The van der Waals surface area contributed by atoms with E-state index in [1.54, 1.807) is 0 Å². The van der Waals surface area contributed by atoms with E-state index >= 15 is 0 Å². The maximum atomic E-state index is 13.8. The van der Waals surface area contributed by atoms with E-state index in [1.165, 1.54) is 31.4 Å². The van der Waals surface area contributed by atoms with E-state index in [1.807, 2.05) is 0 Å². The second-order valence-electron chi connectivity index (χ2n) is 4.76. The largest absolute Gasteiger partial charge is 0.493 e. The van der Waals surface area contributed by atoms with Gasteiger partial charge in [0.1, 0.15) is 10.7 Å². The fraction of sp³-hybridized carbons (Fsp3) is 0.200. The van der Waals surface area contributed by atoms with Crippen LogP contribution < -0.4 is 14.2 Å². The molecule has 0 bridgehead atoms. The second kappa shape index (κ2) is 7.94. The van der Waals surface area contributed by atoms with E-state index in [0.717, 1.165) is 12.1 Å². The zero-order chi connectivity index (χ0) is 18.6. The molecule has 10 heteroatoms. The Morgan fingerprint density at radius 3 is 2.48 bits per heavy atom. The Morgan fingerprint density at radius 2 is 1.88 bits per heavy atom. The van der Waals surface area contributed by atoms with E-state index in [-0.39, 0.29) is 23.1 Å². The fourth-order valence-electron chi connectivity index (χ4n) is 1.96. The van der Waals surface area contributed by atoms with E-state index < -0.39 is 27.3 Å². The number of hydrogen-bond donors (Lipinski definition) is 1. The molecular formula is C15H13ClF3NO4S. The monoisotopic (exact) mass is 395 g/mol. The first-order chi connectivity index (χ1) is 11.7. The number of methoxy groups -OCH3 is 1. The number of sulfonamides is 1. The molecular weight excluding hydrogens is 383 g/mol. The fourth-order valence-corrected chi connectivity index (χ4v) is 3.20. The molecule has 0 heterocycles. The predicted molar refractivity (Wildman–Crippen MR) is 85.1 cm³/mol. The van der Waals surface area contributed by atoms with Gasteiger partial charge in [0.2, 0.25) is 10.0 Å². The van der Waals surface area contributed by atoms with Crippen LogP contribution in [0.5, 0.6) is 11.5 Å². The van der Waals surface area contributed by atoms with Gasteiger partial charge in [-0.3, -0.25) is 0 Å². The summed E-state index contributed by atoms with van der Waals surface area (Å²) in [5, 5.41) is 0.0656. The standard InChI is InChI=1S/C15H13ClF3NO4S/c1-23-13-6-9(2-4-12(13)24-15(18)19)8-20-25(21,22)14-5-3-10(16)7-11(14)17/h2-7,15,20H,8H2,1H3. The maximum absolute atomic E-state index is 13.8. The molecule has 0 aliphatic heterocycles. The lowest BCUT2D eigenvalue weighted by Gasteiger charge is -2.12. The van der Waals surface area contributed by atoms with Gasteiger partial charge in [-0.1, -0.05) is 17.7 Å². The Balaban J connectivity index is 2.17. The van der Waals surface area contributed by atoms with Crippen molar-refractivity contribution < 1.29 is 31.1 Å². The molecule has 0 fully saturated rings. The summed E-state index contributed by atoms with van der Waals surface area (Å²) >= 11 is 5.59. The molecule has 0 unspecified atom stereocenters. The summed E-state index contributed by atoms with van der Waals surface area (Å²) in [5.41, 5.74) is 0.399. The smallest absolute Gasteiger partial charge is 0.387 e. The third-order valence-electron chi connectivity index (χ3n) is 3.09. The van der Waals surface area contributed by atoms with Crippen molar-refractivity contribution in [3.8, 4) is 11.5 Å². The van der Waals surface area contributed by atoms with Gasteiger partial charge in [0.05, 0.1) is 7.11 Å². The number of alkyl halides is 2. The van der Waals surface area contributed by atoms with E-state index in [9.17, 15) is 21.6 Å². The molecule has 0 radical (unpaired) electrons. The van der Waals surface area contributed by atoms with Crippen LogP contribution in [-0.4, -0.2) is 22.1 Å². The normalized spacial score (nSPS) is 11.6. The lowest BCUT2D eigenvalue weighted by molar-refractivity contribution is -0.0512. The summed E-state index contributed by atoms with van der Waals surface area (Å²) in [6.07, 6.45) is 0. The van der Waals surface area contributed by atoms with Crippen LogP contribution in [0.15, 0.2) is 41.3 Å². The van der Waals surface area contributed by atoms with Crippen LogP contribution in [0, 0.1) is 5.82 Å². The first-order valence-corrected chi connectivity index (χ1v) is 8.65. The summed E-state index contributed by atoms with van der Waals surface area (Å²) in [6.45, 7) is -3.23. The van der Waals surface area contributed by atoms with Gasteiger partial charge in [-0.05, 0) is 35.9 Å². The first-order valence-electron chi connectivity index (χ1n) is 6.79. The van der Waals surface area contributed by atoms with Gasteiger partial charge in [-0.25, -0.2) is 17.5 Å². The highest BCUT2D eigenvalue weighted by Gasteiger charge is 2.19. The van der Waals surface area contributed by atoms with Crippen molar-refractivity contribution in [1.29, 1.82) is 0 Å². The third-order valence-corrected chi connectivity index (χ3v) is 4.76. The van der Waals surface area contributed by atoms with Crippen molar-refractivity contribution in [2.24, 2.45) is 0 Å². The summed E-state index contributed by atoms with van der Waals surface area (Å²) in [7, 11) is -2.88. The molecule has 0 aliphatic carbocycles. The topological polar surface area (TPSA) is 64.6 Å². The van der Waals surface area contributed by atoms with Crippen LogP contribution in [0.1, 0.15) is 5.56 Å². The quantitative estimate of drug-likeness (QED) is 0.778. The number of nitrogens with one attached hydrogen (secondary N) is 1. The number of benzene rings is 2. The molecule has 25 heavy (non-hydrogen) atoms. The molecule has 0 amide bonds. The molecule has 2 aromatic rings. The molecule has 0 saturated heterocycles. The van der Waals surface area contributed by atoms with Gasteiger partial charge in [0.25, 0.3) is 0 Å². The summed E-state index contributed by atoms with van der Waals surface area (Å²) in [6, 6.07) is 7.10. The third kappa shape index (κ3) is 5.00. The van der Waals surface area contributed by atoms with Crippen LogP contribution >= 0.6 is 11.6 Å². The molecule has 5 nitrogen and oxygen atoms in total. The zero-order valence-corrected chi connectivity index (χ0v) is 14.4. The highest BCUT2D eigenvalue weighted by molar-refractivity contribution is 7.89. The lowest BCUT2D eigenvalue weighted by atomic mass is 10.2. The lowest BCUT2D eigenvalue weighted by Crippen LogP contribution is -2.24. The first kappa shape index (κ1) is 19.4. The average molecular weight is 396 g/mol. The van der Waals surface area contributed by atoms with Gasteiger partial charge in [0.15, 0.2) is 11.5 Å². The predicted octanol–water partition coefficient (Wildman–Crippen LogP) is 3.57. The Kier molecular flexibility index (Phi) is 6.15. The van der Waals surface area contributed by atoms with Gasteiger partial charge in [-0.2, -0.15) is 8.78 Å². The van der Waals surface area contributed by atoms with Crippen LogP contribution in [0.4, 0.5) is 13.2 Å². The van der Waals surface area contributed by atoms with Crippen molar-refractivity contribution in [2.45, 2.75) is 18.1 Å². The molecule has 0 aromatic heterocycles. The van der Waals surface area contributed by atoms with Crippen LogP contribution in [0.3, 0.4) is 0 Å². The molecule has 0 saturated carbocycles. The Bertz CT molecular complexity index is 862. The summed E-state index contributed by atoms with van der Waals surface area (Å²) < 4.78 is 74.0. The molecule has 0 atom stereocenters. The summed E-state index contributed by atoms with van der Waals surface area (Å²) in [4.78, 5) is -0.554. The molecule has 0 spiro atoms. The van der Waals surface area contributed by atoms with Crippen LogP contribution in [-0.2, 0) is 16.6 Å². The Hall–Kier alpha value is -1.97. The van der Waals surface area contributed by atoms with E-state index in [4.69, 9.17) is 16.3 Å². The van der Waals surface area contributed by atoms with Gasteiger partial charge in [-0.15, -0.1) is 0 Å². The van der Waals surface area contributed by atoms with E-state index in [0.29, 0.717) is 5.56 Å². The maximum Gasteiger partial charge on any atom is 0.387 e. The van der Waals surface area contributed by atoms with Crippen molar-refractivity contribution >= 4 is 21.6 Å². The number of rotatable bonds is 7. The minimum absolute atomic E-state index is 0.00896. The Morgan fingerprint density at radius 1 is 1.16 bits per heavy atom. The average Bonchev–Trinajstić information content (AvgIpc) is 2.53. The van der Waals surface area contributed by atoms with Crippen molar-refractivity contribution in [1.82, 2.24) is 4.72 Å². The molecule has 1 N–H and O–H groups in total. The Labute approximate surface area is 147 Å². The summed E-state index contributed by atoms with van der Waals surface area (Å²) in [5.74, 6) is -1.17. The van der Waals surface area contributed by atoms with Gasteiger partial charge >= 0.3 is 6.61 Å². The number of halogens is 4. The molecule has 2 rings (SSSR count). The van der Waals surface area contributed by atoms with Crippen molar-refractivity contribution in [3.05, 3.63) is 52.8 Å². The zero-order valence-electron chi connectivity index (χ0n) is 12.8. The minimum Gasteiger partial charge on any atom is -0.493 e. The highest BCUT2D eigenvalue weighted by Crippen LogP contribution is 2.29. The van der Waals surface area contributed by atoms with Gasteiger partial charge in [0, 0.05) is 11.6 Å². The molecule has 2 aromatic carbocycles. The SMILES string of the molecule is COc1cc(CNS(=O)(=O)c2ccc(Cl)cc2F)ccc1OC(F)F. The number of ether oxygens (including phenoxy) is 2. The van der Waals surface area contributed by atoms with Gasteiger partial charge < -0.3 is 9.47 Å². The van der Waals surface area contributed by atoms with Crippen LogP contribution in [0.25, 0.3) is 0 Å². The van der Waals surface area contributed by atoms with E-state index in [2.05, 4.69) is 9.46 Å². The highest BCUT2D eigenvalue weighted by atomic mass is 35.5. The van der Waals surface area contributed by atoms with Crippen molar-refractivity contribution in [3.63, 3.8) is 0 Å². The molecule has 136 valence electrons. The van der Waals surface area contributed by atoms with Crippen molar-refractivity contribution in [2.75, 3.05) is 7.11 Å². The number of hydrogen-bond acceptors (Lipinski definition) is 4. The molecule has 0 aliphatic rings. The minimum atomic E-state index is -4.13. The van der Waals surface area contributed by atoms with Crippen LogP contribution in [0.2, 0.25) is 5.02 Å².